The number of nitrogens with zero attached hydrogens (tertiary/aromatic N) is 2. The molecule has 0 radical (unpaired) electrons. The summed E-state index contributed by atoms with van der Waals surface area (Å²) in [7, 11) is -3.30. The van der Waals surface area contributed by atoms with E-state index in [1.807, 2.05) is 31.2 Å². The maximum Gasteiger partial charge on any atom is 0.218 e. The molecule has 1 aliphatic rings. The van der Waals surface area contributed by atoms with E-state index in [4.69, 9.17) is 4.74 Å². The average Bonchev–Trinajstić information content (AvgIpc) is 2.65. The minimum absolute atomic E-state index is 0.0426. The summed E-state index contributed by atoms with van der Waals surface area (Å²) in [4.78, 5) is 2.18. The molecular weight excluding hydrogens is 367 g/mol. The number of hydrogen-bond donors (Lipinski definition) is 0. The third kappa shape index (κ3) is 5.76. The molecule has 1 heterocycles. The molecule has 0 N–H and O–H groups in total. The molecule has 1 saturated heterocycles. The van der Waals surface area contributed by atoms with E-state index in [-0.39, 0.29) is 11.6 Å². The Balaban J connectivity index is 1.43. The van der Waals surface area contributed by atoms with Crippen LogP contribution in [0.1, 0.15) is 11.1 Å². The number of sulfonamides is 1. The second-order valence-corrected chi connectivity index (χ2v) is 8.75. The zero-order chi connectivity index (χ0) is 19.3. The summed E-state index contributed by atoms with van der Waals surface area (Å²) in [5.41, 5.74) is 1.93. The molecule has 0 unspecified atom stereocenters. The Morgan fingerprint density at radius 2 is 1.59 bits per heavy atom. The number of piperazine rings is 1. The van der Waals surface area contributed by atoms with Gasteiger partial charge in [-0.25, -0.2) is 12.8 Å². The maximum absolute atomic E-state index is 12.9. The molecule has 2 aromatic rings. The summed E-state index contributed by atoms with van der Waals surface area (Å²) in [6.45, 7) is 5.53. The lowest BCUT2D eigenvalue weighted by molar-refractivity contribution is 0.158. The highest BCUT2D eigenvalue weighted by molar-refractivity contribution is 7.88. The molecule has 0 atom stereocenters. The van der Waals surface area contributed by atoms with Gasteiger partial charge < -0.3 is 4.74 Å². The van der Waals surface area contributed by atoms with Gasteiger partial charge in [-0.05, 0) is 36.8 Å². The first-order valence-electron chi connectivity index (χ1n) is 9.06. The van der Waals surface area contributed by atoms with Crippen LogP contribution in [0.2, 0.25) is 0 Å². The molecule has 3 rings (SSSR count). The maximum atomic E-state index is 12.9. The molecule has 1 aliphatic heterocycles. The van der Waals surface area contributed by atoms with Crippen molar-refractivity contribution in [2.24, 2.45) is 0 Å². The Kier molecular flexibility index (Phi) is 6.46. The Hall–Kier alpha value is -1.96. The standard InChI is InChI=1S/C20H25FN2O3S/c1-17-2-4-18(5-3-17)16-27(24,25)23-12-10-22(11-13-23)14-15-26-20-8-6-19(21)7-9-20/h2-9H,10-16H2,1H3. The fourth-order valence-corrected chi connectivity index (χ4v) is 4.56. The minimum atomic E-state index is -3.30. The zero-order valence-corrected chi connectivity index (χ0v) is 16.3. The van der Waals surface area contributed by atoms with Crippen molar-refractivity contribution in [1.82, 2.24) is 9.21 Å². The number of aryl methyl sites for hydroxylation is 1. The smallest absolute Gasteiger partial charge is 0.218 e. The van der Waals surface area contributed by atoms with Gasteiger partial charge in [0.05, 0.1) is 5.75 Å². The molecule has 7 heteroatoms. The van der Waals surface area contributed by atoms with Gasteiger partial charge in [-0.15, -0.1) is 0 Å². The van der Waals surface area contributed by atoms with Gasteiger partial charge in [-0.2, -0.15) is 4.31 Å². The zero-order valence-electron chi connectivity index (χ0n) is 15.5. The summed E-state index contributed by atoms with van der Waals surface area (Å²) < 4.78 is 45.3. The monoisotopic (exact) mass is 392 g/mol. The first-order chi connectivity index (χ1) is 12.9. The Morgan fingerprint density at radius 1 is 0.963 bits per heavy atom. The molecule has 1 fully saturated rings. The predicted molar refractivity (Wildman–Crippen MR) is 104 cm³/mol. The number of benzene rings is 2. The van der Waals surface area contributed by atoms with Crippen LogP contribution in [-0.2, 0) is 15.8 Å². The molecule has 5 nitrogen and oxygen atoms in total. The lowest BCUT2D eigenvalue weighted by atomic mass is 10.2. The number of rotatable bonds is 7. The second kappa shape index (κ2) is 8.82. The summed E-state index contributed by atoms with van der Waals surface area (Å²) in [5.74, 6) is 0.391. The van der Waals surface area contributed by atoms with Crippen LogP contribution < -0.4 is 4.74 Å². The van der Waals surface area contributed by atoms with Gasteiger partial charge in [0, 0.05) is 32.7 Å². The van der Waals surface area contributed by atoms with Crippen LogP contribution >= 0.6 is 0 Å². The number of halogens is 1. The van der Waals surface area contributed by atoms with E-state index in [9.17, 15) is 12.8 Å². The average molecular weight is 392 g/mol. The van der Waals surface area contributed by atoms with Crippen LogP contribution in [0.3, 0.4) is 0 Å². The molecule has 2 aromatic carbocycles. The van der Waals surface area contributed by atoms with E-state index < -0.39 is 10.0 Å². The molecule has 0 aromatic heterocycles. The van der Waals surface area contributed by atoms with Crippen molar-refractivity contribution in [3.63, 3.8) is 0 Å². The van der Waals surface area contributed by atoms with Crippen molar-refractivity contribution in [3.05, 3.63) is 65.5 Å². The van der Waals surface area contributed by atoms with Gasteiger partial charge in [0.25, 0.3) is 0 Å². The molecular formula is C20H25FN2O3S. The van der Waals surface area contributed by atoms with Gasteiger partial charge in [-0.1, -0.05) is 29.8 Å². The van der Waals surface area contributed by atoms with Crippen LogP contribution in [-0.4, -0.2) is 57.0 Å². The van der Waals surface area contributed by atoms with Crippen LogP contribution in [0.5, 0.6) is 5.75 Å². The van der Waals surface area contributed by atoms with Crippen molar-refractivity contribution in [2.45, 2.75) is 12.7 Å². The molecule has 0 spiro atoms. The predicted octanol–water partition coefficient (Wildman–Crippen LogP) is 2.66. The second-order valence-electron chi connectivity index (χ2n) is 6.78. The summed E-state index contributed by atoms with van der Waals surface area (Å²) >= 11 is 0. The van der Waals surface area contributed by atoms with Crippen molar-refractivity contribution >= 4 is 10.0 Å². The van der Waals surface area contributed by atoms with E-state index in [1.165, 1.54) is 12.1 Å². The van der Waals surface area contributed by atoms with E-state index >= 15 is 0 Å². The third-order valence-corrected chi connectivity index (χ3v) is 6.53. The fraction of sp³-hybridized carbons (Fsp3) is 0.400. The number of hydrogen-bond acceptors (Lipinski definition) is 4. The molecule has 146 valence electrons. The Morgan fingerprint density at radius 3 is 2.22 bits per heavy atom. The van der Waals surface area contributed by atoms with Gasteiger partial charge in [0.1, 0.15) is 18.2 Å². The third-order valence-electron chi connectivity index (χ3n) is 4.68. The summed E-state index contributed by atoms with van der Waals surface area (Å²) in [6, 6.07) is 13.6. The molecule has 0 bridgehead atoms. The highest BCUT2D eigenvalue weighted by atomic mass is 32.2. The fourth-order valence-electron chi connectivity index (χ4n) is 3.04. The number of ether oxygens (including phenoxy) is 1. The molecule has 0 saturated carbocycles. The van der Waals surface area contributed by atoms with Gasteiger partial charge >= 0.3 is 0 Å². The van der Waals surface area contributed by atoms with Crippen LogP contribution in [0.25, 0.3) is 0 Å². The quantitative estimate of drug-likeness (QED) is 0.727. The van der Waals surface area contributed by atoms with Crippen molar-refractivity contribution in [3.8, 4) is 5.75 Å². The van der Waals surface area contributed by atoms with Gasteiger partial charge in [0.2, 0.25) is 10.0 Å². The van der Waals surface area contributed by atoms with E-state index in [0.29, 0.717) is 45.1 Å². The molecule has 27 heavy (non-hydrogen) atoms. The molecule has 0 aliphatic carbocycles. The topological polar surface area (TPSA) is 49.9 Å². The van der Waals surface area contributed by atoms with Crippen molar-refractivity contribution in [2.75, 3.05) is 39.3 Å². The minimum Gasteiger partial charge on any atom is -0.492 e. The van der Waals surface area contributed by atoms with E-state index in [0.717, 1.165) is 11.1 Å². The van der Waals surface area contributed by atoms with E-state index in [2.05, 4.69) is 4.90 Å². The lowest BCUT2D eigenvalue weighted by Gasteiger charge is -2.33. The van der Waals surface area contributed by atoms with E-state index in [1.54, 1.807) is 16.4 Å². The highest BCUT2D eigenvalue weighted by Crippen LogP contribution is 2.15. The first kappa shape index (κ1) is 19.8. The lowest BCUT2D eigenvalue weighted by Crippen LogP contribution is -2.49. The molecule has 0 amide bonds. The van der Waals surface area contributed by atoms with Crippen molar-refractivity contribution < 1.29 is 17.5 Å². The first-order valence-corrected chi connectivity index (χ1v) is 10.7. The van der Waals surface area contributed by atoms with Crippen LogP contribution in [0, 0.1) is 12.7 Å². The van der Waals surface area contributed by atoms with Crippen LogP contribution in [0.4, 0.5) is 4.39 Å². The van der Waals surface area contributed by atoms with Gasteiger partial charge in [-0.3, -0.25) is 4.90 Å². The van der Waals surface area contributed by atoms with Crippen LogP contribution in [0.15, 0.2) is 48.5 Å². The summed E-state index contributed by atoms with van der Waals surface area (Å²) in [6.07, 6.45) is 0. The normalized spacial score (nSPS) is 16.4. The highest BCUT2D eigenvalue weighted by Gasteiger charge is 2.26. The Bertz CT molecular complexity index is 831. The van der Waals surface area contributed by atoms with Crippen molar-refractivity contribution in [1.29, 1.82) is 0 Å². The largest absolute Gasteiger partial charge is 0.492 e. The summed E-state index contributed by atoms with van der Waals surface area (Å²) in [5, 5.41) is 0. The SMILES string of the molecule is Cc1ccc(CS(=O)(=O)N2CCN(CCOc3ccc(F)cc3)CC2)cc1. The Labute approximate surface area is 160 Å². The van der Waals surface area contributed by atoms with Gasteiger partial charge in [0.15, 0.2) is 0 Å².